The van der Waals surface area contributed by atoms with Crippen molar-refractivity contribution in [1.82, 2.24) is 9.55 Å². The average Bonchev–Trinajstić information content (AvgIpc) is 2.67. The van der Waals surface area contributed by atoms with Gasteiger partial charge in [0.25, 0.3) is 0 Å². The van der Waals surface area contributed by atoms with Gasteiger partial charge >= 0.3 is 5.69 Å². The lowest BCUT2D eigenvalue weighted by atomic mass is 9.48. The number of aromatic nitrogens is 2. The summed E-state index contributed by atoms with van der Waals surface area (Å²) < 4.78 is 1.39. The van der Waals surface area contributed by atoms with E-state index >= 15 is 0 Å². The summed E-state index contributed by atoms with van der Waals surface area (Å²) in [7, 11) is 0. The Balaban J connectivity index is 1.22. The molecule has 5 nitrogen and oxygen atoms in total. The smallest absolute Gasteiger partial charge is 0.326 e. The molecule has 4 bridgehead atoms. The summed E-state index contributed by atoms with van der Waals surface area (Å²) in [6.45, 7) is 0.278. The molecule has 0 aliphatic heterocycles. The van der Waals surface area contributed by atoms with E-state index in [2.05, 4.69) is 22.4 Å². The molecule has 4 aliphatic carbocycles. The number of nitrogens with zero attached hydrogens (tertiary/aromatic N) is 2. The van der Waals surface area contributed by atoms with Crippen LogP contribution in [0, 0.1) is 17.8 Å². The fourth-order valence-corrected chi connectivity index (χ4v) is 6.52. The Morgan fingerprint density at radius 2 is 1.69 bits per heavy atom. The standard InChI is InChI=1S/C23H26ClN3O2/c24-20-5-7-27(22(29)26-20)8-6-21(28)25-19-3-1-18(2-4-19)23-12-15-9-16(13-23)11-17(10-15)14-23/h1-5,7,15-17H,6,8-14H2,(H,25,28). The third-order valence-electron chi connectivity index (χ3n) is 7.24. The van der Waals surface area contributed by atoms with E-state index in [1.54, 1.807) is 12.3 Å². The highest BCUT2D eigenvalue weighted by molar-refractivity contribution is 6.29. The molecular weight excluding hydrogens is 386 g/mol. The third-order valence-corrected chi connectivity index (χ3v) is 7.45. The number of benzene rings is 1. The SMILES string of the molecule is O=C(CCn1ccc(Cl)nc1=O)Nc1ccc(C23CC4CC(CC(C4)C2)C3)cc1. The van der Waals surface area contributed by atoms with Crippen LogP contribution in [0.1, 0.15) is 50.5 Å². The Kier molecular flexibility index (Phi) is 4.73. The lowest BCUT2D eigenvalue weighted by Gasteiger charge is -2.57. The number of anilines is 1. The maximum Gasteiger partial charge on any atom is 0.348 e. The summed E-state index contributed by atoms with van der Waals surface area (Å²) in [4.78, 5) is 27.7. The summed E-state index contributed by atoms with van der Waals surface area (Å²) >= 11 is 5.69. The molecule has 4 aliphatic rings. The Bertz CT molecular complexity index is 947. The highest BCUT2D eigenvalue weighted by atomic mass is 35.5. The van der Waals surface area contributed by atoms with Gasteiger partial charge in [-0.1, -0.05) is 23.7 Å². The van der Waals surface area contributed by atoms with Gasteiger partial charge in [-0.3, -0.25) is 9.36 Å². The fourth-order valence-electron chi connectivity index (χ4n) is 6.40. The van der Waals surface area contributed by atoms with Crippen LogP contribution in [0.4, 0.5) is 5.69 Å². The van der Waals surface area contributed by atoms with E-state index in [0.717, 1.165) is 23.4 Å². The number of nitrogens with one attached hydrogen (secondary N) is 1. The van der Waals surface area contributed by atoms with Crippen LogP contribution in [0.15, 0.2) is 41.3 Å². The van der Waals surface area contributed by atoms with Gasteiger partial charge in [-0.05, 0) is 85.5 Å². The zero-order valence-electron chi connectivity index (χ0n) is 16.4. The zero-order chi connectivity index (χ0) is 20.0. The molecule has 6 heteroatoms. The molecule has 29 heavy (non-hydrogen) atoms. The van der Waals surface area contributed by atoms with Gasteiger partial charge in [0, 0.05) is 24.8 Å². The first kappa shape index (κ1) is 18.9. The first-order valence-electron chi connectivity index (χ1n) is 10.6. The second-order valence-electron chi connectivity index (χ2n) is 9.30. The highest BCUT2D eigenvalue weighted by Crippen LogP contribution is 2.60. The summed E-state index contributed by atoms with van der Waals surface area (Å²) in [5.74, 6) is 2.65. The topological polar surface area (TPSA) is 64.0 Å². The van der Waals surface area contributed by atoms with Crippen LogP contribution in [0.3, 0.4) is 0 Å². The van der Waals surface area contributed by atoms with Crippen molar-refractivity contribution >= 4 is 23.2 Å². The van der Waals surface area contributed by atoms with Gasteiger partial charge in [-0.25, -0.2) is 4.79 Å². The van der Waals surface area contributed by atoms with Crippen molar-refractivity contribution in [2.45, 2.75) is 56.9 Å². The number of rotatable bonds is 5. The van der Waals surface area contributed by atoms with Crippen LogP contribution < -0.4 is 11.0 Å². The molecule has 152 valence electrons. The molecule has 4 saturated carbocycles. The lowest BCUT2D eigenvalue weighted by molar-refractivity contribution is -0.116. The molecule has 1 aromatic carbocycles. The first-order valence-corrected chi connectivity index (χ1v) is 11.0. The number of aryl methyl sites for hydroxylation is 1. The second kappa shape index (κ2) is 7.28. The van der Waals surface area contributed by atoms with Gasteiger partial charge in [-0.2, -0.15) is 4.98 Å². The van der Waals surface area contributed by atoms with E-state index in [1.165, 1.54) is 48.7 Å². The molecule has 6 rings (SSSR count). The summed E-state index contributed by atoms with van der Waals surface area (Å²) in [6, 6.07) is 10.0. The van der Waals surface area contributed by atoms with E-state index in [4.69, 9.17) is 11.6 Å². The number of hydrogen-bond acceptors (Lipinski definition) is 3. The molecule has 4 fully saturated rings. The number of halogens is 1. The van der Waals surface area contributed by atoms with E-state index in [-0.39, 0.29) is 24.0 Å². The number of hydrogen-bond donors (Lipinski definition) is 1. The maximum absolute atomic E-state index is 12.3. The zero-order valence-corrected chi connectivity index (χ0v) is 17.2. The van der Waals surface area contributed by atoms with Gasteiger partial charge in [0.2, 0.25) is 5.91 Å². The number of amides is 1. The quantitative estimate of drug-likeness (QED) is 0.742. The van der Waals surface area contributed by atoms with Crippen molar-refractivity contribution in [3.8, 4) is 0 Å². The van der Waals surface area contributed by atoms with E-state index in [1.807, 2.05) is 12.1 Å². The molecule has 0 atom stereocenters. The Morgan fingerprint density at radius 3 is 2.28 bits per heavy atom. The van der Waals surface area contributed by atoms with Gasteiger partial charge in [0.15, 0.2) is 0 Å². The van der Waals surface area contributed by atoms with E-state index < -0.39 is 5.69 Å². The first-order chi connectivity index (χ1) is 14.0. The molecule has 0 radical (unpaired) electrons. The Hall–Kier alpha value is -2.14. The maximum atomic E-state index is 12.3. The highest BCUT2D eigenvalue weighted by Gasteiger charge is 2.51. The van der Waals surface area contributed by atoms with E-state index in [0.29, 0.717) is 5.41 Å². The molecule has 2 aromatic rings. The van der Waals surface area contributed by atoms with Crippen LogP contribution in [0.25, 0.3) is 0 Å². The second-order valence-corrected chi connectivity index (χ2v) is 9.69. The minimum atomic E-state index is -0.440. The molecular formula is C23H26ClN3O2. The minimum Gasteiger partial charge on any atom is -0.326 e. The van der Waals surface area contributed by atoms with Gasteiger partial charge in [0.1, 0.15) is 5.15 Å². The predicted molar refractivity (Wildman–Crippen MR) is 113 cm³/mol. The number of carbonyl (C=O) groups excluding carboxylic acids is 1. The minimum absolute atomic E-state index is 0.116. The van der Waals surface area contributed by atoms with Crippen LogP contribution in [0.5, 0.6) is 0 Å². The van der Waals surface area contributed by atoms with Crippen molar-refractivity contribution in [3.63, 3.8) is 0 Å². The van der Waals surface area contributed by atoms with Gasteiger partial charge in [-0.15, -0.1) is 0 Å². The largest absolute Gasteiger partial charge is 0.348 e. The van der Waals surface area contributed by atoms with Crippen molar-refractivity contribution in [3.05, 3.63) is 57.7 Å². The van der Waals surface area contributed by atoms with Crippen molar-refractivity contribution < 1.29 is 4.79 Å². The van der Waals surface area contributed by atoms with Crippen molar-refractivity contribution in [1.29, 1.82) is 0 Å². The normalized spacial score (nSPS) is 29.8. The number of carbonyl (C=O) groups is 1. The monoisotopic (exact) mass is 411 g/mol. The van der Waals surface area contributed by atoms with Crippen LogP contribution in [-0.2, 0) is 16.8 Å². The summed E-state index contributed by atoms with van der Waals surface area (Å²) in [5, 5.41) is 3.11. The molecule has 1 aromatic heterocycles. The third kappa shape index (κ3) is 3.73. The van der Waals surface area contributed by atoms with Gasteiger partial charge in [0.05, 0.1) is 0 Å². The molecule has 0 unspecified atom stereocenters. The Morgan fingerprint density at radius 1 is 1.07 bits per heavy atom. The van der Waals surface area contributed by atoms with Gasteiger partial charge < -0.3 is 5.32 Å². The van der Waals surface area contributed by atoms with Crippen LogP contribution in [0.2, 0.25) is 5.15 Å². The van der Waals surface area contributed by atoms with Crippen LogP contribution >= 0.6 is 11.6 Å². The molecule has 1 N–H and O–H groups in total. The molecule has 0 saturated heterocycles. The lowest BCUT2D eigenvalue weighted by Crippen LogP contribution is -2.48. The summed E-state index contributed by atoms with van der Waals surface area (Å²) in [5.41, 5.74) is 2.20. The molecule has 1 heterocycles. The molecule has 0 spiro atoms. The van der Waals surface area contributed by atoms with E-state index in [9.17, 15) is 9.59 Å². The van der Waals surface area contributed by atoms with Crippen molar-refractivity contribution in [2.75, 3.05) is 5.32 Å². The summed E-state index contributed by atoms with van der Waals surface area (Å²) in [6.07, 6.45) is 10.1. The predicted octanol–water partition coefficient (Wildman–Crippen LogP) is 4.39. The van der Waals surface area contributed by atoms with Crippen molar-refractivity contribution in [2.24, 2.45) is 17.8 Å². The fraction of sp³-hybridized carbons (Fsp3) is 0.522. The Labute approximate surface area is 175 Å². The molecule has 1 amide bonds. The van der Waals surface area contributed by atoms with Crippen LogP contribution in [-0.4, -0.2) is 15.5 Å². The average molecular weight is 412 g/mol.